The number of aromatic nitrogens is 6. The topological polar surface area (TPSA) is 134 Å². The van der Waals surface area contributed by atoms with E-state index in [0.717, 1.165) is 11.1 Å². The molecule has 0 saturated heterocycles. The Morgan fingerprint density at radius 1 is 1.12 bits per heavy atom. The van der Waals surface area contributed by atoms with E-state index in [4.69, 9.17) is 10.5 Å². The molecule has 0 fully saturated rings. The van der Waals surface area contributed by atoms with Gasteiger partial charge in [0.15, 0.2) is 11.5 Å². The Hall–Kier alpha value is -5.89. The fraction of sp³-hybridized carbons (Fsp3) is 0.129. The molecule has 1 aliphatic rings. The van der Waals surface area contributed by atoms with Crippen molar-refractivity contribution in [1.82, 2.24) is 34.3 Å². The molecule has 42 heavy (non-hydrogen) atoms. The minimum Gasteiger partial charge on any atom is -0.488 e. The van der Waals surface area contributed by atoms with Gasteiger partial charge in [0.25, 0.3) is 11.5 Å². The zero-order chi connectivity index (χ0) is 29.0. The van der Waals surface area contributed by atoms with Gasteiger partial charge in [-0.1, -0.05) is 30.0 Å². The fourth-order valence-electron chi connectivity index (χ4n) is 5.48. The Bertz CT molecular complexity index is 2170. The highest BCUT2D eigenvalue weighted by atomic mass is 16.5. The molecule has 206 valence electrons. The summed E-state index contributed by atoms with van der Waals surface area (Å²) < 4.78 is 10.8. The highest BCUT2D eigenvalue weighted by Crippen LogP contribution is 2.39. The van der Waals surface area contributed by atoms with E-state index in [1.807, 2.05) is 56.6 Å². The predicted octanol–water partition coefficient (Wildman–Crippen LogP) is 3.13. The second-order valence-electron chi connectivity index (χ2n) is 9.99. The van der Waals surface area contributed by atoms with Crippen molar-refractivity contribution in [1.29, 1.82) is 0 Å². The van der Waals surface area contributed by atoms with Gasteiger partial charge < -0.3 is 15.8 Å². The summed E-state index contributed by atoms with van der Waals surface area (Å²) in [5.74, 6) is 6.48. The standard InChI is InChI=1S/C31H24N8O3/c1-18(35-30(40)26-28(32)36-38-14-6-13-33-29(26)38)27-22-17-42-23-12-11-20(10-9-19-15-34-37(2)16-19)24(25(22)23)31(41)39(27)21-7-4-3-5-8-21/h3-8,11-16,18H,17H2,1-2H3,(H2,32,36)(H,35,40)/t18-/m0/s1. The first kappa shape index (κ1) is 25.1. The Kier molecular flexibility index (Phi) is 5.76. The van der Waals surface area contributed by atoms with Crippen LogP contribution in [0.1, 0.15) is 45.7 Å². The minimum atomic E-state index is -0.623. The van der Waals surface area contributed by atoms with Gasteiger partial charge in [-0.05, 0) is 37.3 Å². The number of anilines is 1. The molecule has 6 aromatic rings. The van der Waals surface area contributed by atoms with Gasteiger partial charge in [-0.25, -0.2) is 9.50 Å². The van der Waals surface area contributed by atoms with Crippen molar-refractivity contribution in [3.05, 3.63) is 112 Å². The molecule has 4 aromatic heterocycles. The van der Waals surface area contributed by atoms with Crippen LogP contribution in [0.4, 0.5) is 5.82 Å². The Balaban J connectivity index is 1.42. The average molecular weight is 557 g/mol. The number of nitrogen functional groups attached to an aromatic ring is 1. The van der Waals surface area contributed by atoms with Crippen LogP contribution in [0.2, 0.25) is 0 Å². The molecular weight excluding hydrogens is 532 g/mol. The van der Waals surface area contributed by atoms with Crippen LogP contribution in [-0.4, -0.2) is 34.9 Å². The maximum Gasteiger partial charge on any atom is 0.264 e. The molecule has 1 aliphatic heterocycles. The maximum absolute atomic E-state index is 14.4. The number of benzene rings is 2. The molecule has 3 N–H and O–H groups in total. The maximum atomic E-state index is 14.4. The molecule has 7 rings (SSSR count). The largest absolute Gasteiger partial charge is 0.488 e. The number of nitrogens with two attached hydrogens (primary N) is 1. The third-order valence-corrected chi connectivity index (χ3v) is 7.28. The summed E-state index contributed by atoms with van der Waals surface area (Å²) in [6.07, 6.45) is 6.73. The molecule has 0 unspecified atom stereocenters. The van der Waals surface area contributed by atoms with Gasteiger partial charge >= 0.3 is 0 Å². The molecule has 1 atom stereocenters. The van der Waals surface area contributed by atoms with Gasteiger partial charge in [-0.15, -0.1) is 5.10 Å². The van der Waals surface area contributed by atoms with Crippen LogP contribution in [0.15, 0.2) is 78.1 Å². The normalized spacial score (nSPS) is 12.6. The summed E-state index contributed by atoms with van der Waals surface area (Å²) in [7, 11) is 1.82. The number of hydrogen-bond acceptors (Lipinski definition) is 7. The first-order valence-electron chi connectivity index (χ1n) is 13.2. The van der Waals surface area contributed by atoms with E-state index in [2.05, 4.69) is 32.3 Å². The van der Waals surface area contributed by atoms with E-state index in [0.29, 0.717) is 39.1 Å². The Morgan fingerprint density at radius 3 is 2.74 bits per heavy atom. The monoisotopic (exact) mass is 556 g/mol. The van der Waals surface area contributed by atoms with E-state index in [1.54, 1.807) is 40.0 Å². The molecule has 2 aromatic carbocycles. The molecule has 11 heteroatoms. The quantitative estimate of drug-likeness (QED) is 0.319. The van der Waals surface area contributed by atoms with Crippen molar-refractivity contribution in [3.63, 3.8) is 0 Å². The molecule has 5 heterocycles. The molecule has 0 aliphatic carbocycles. The van der Waals surface area contributed by atoms with Crippen LogP contribution in [0, 0.1) is 11.8 Å². The first-order valence-corrected chi connectivity index (χ1v) is 13.2. The number of carbonyl (C=O) groups excluding carboxylic acids is 1. The molecule has 1 amide bonds. The summed E-state index contributed by atoms with van der Waals surface area (Å²) in [5.41, 5.74) is 9.71. The third-order valence-electron chi connectivity index (χ3n) is 7.28. The minimum absolute atomic E-state index is 0.0596. The van der Waals surface area contributed by atoms with Crippen LogP contribution < -0.4 is 21.3 Å². The number of fused-ring (bicyclic) bond motifs is 1. The lowest BCUT2D eigenvalue weighted by atomic mass is 9.97. The van der Waals surface area contributed by atoms with Crippen LogP contribution >= 0.6 is 0 Å². The number of nitrogens with one attached hydrogen (secondary N) is 1. The van der Waals surface area contributed by atoms with E-state index in [-0.39, 0.29) is 23.5 Å². The fourth-order valence-corrected chi connectivity index (χ4v) is 5.48. The number of carbonyl (C=O) groups is 1. The summed E-state index contributed by atoms with van der Waals surface area (Å²) in [5, 5.41) is 12.6. The number of amides is 1. The number of rotatable bonds is 4. The zero-order valence-electron chi connectivity index (χ0n) is 22.7. The van der Waals surface area contributed by atoms with Crippen molar-refractivity contribution >= 4 is 28.1 Å². The van der Waals surface area contributed by atoms with Crippen molar-refractivity contribution < 1.29 is 9.53 Å². The Morgan fingerprint density at radius 2 is 1.95 bits per heavy atom. The van der Waals surface area contributed by atoms with Gasteiger partial charge in [0, 0.05) is 47.8 Å². The number of aryl methyl sites for hydroxylation is 1. The summed E-state index contributed by atoms with van der Waals surface area (Å²) in [4.78, 5) is 32.3. The van der Waals surface area contributed by atoms with Crippen LogP contribution in [0.3, 0.4) is 0 Å². The number of nitrogens with zero attached hydrogens (tertiary/aromatic N) is 6. The van der Waals surface area contributed by atoms with Crippen LogP contribution in [0.5, 0.6) is 5.75 Å². The SMILES string of the molecule is C[C@H](NC(=O)c1c(N)nn2cccnc12)c1c2c3c(ccc(C#Cc4cnn(C)c4)c3c(=O)n1-c1ccccc1)OC2. The third kappa shape index (κ3) is 3.97. The van der Waals surface area contributed by atoms with Gasteiger partial charge in [-0.3, -0.25) is 18.8 Å². The molecule has 0 saturated carbocycles. The summed E-state index contributed by atoms with van der Waals surface area (Å²) >= 11 is 0. The van der Waals surface area contributed by atoms with E-state index < -0.39 is 11.9 Å². The highest BCUT2D eigenvalue weighted by Gasteiger charge is 2.31. The smallest absolute Gasteiger partial charge is 0.264 e. The molecule has 0 spiro atoms. The predicted molar refractivity (Wildman–Crippen MR) is 156 cm³/mol. The number of pyridine rings is 1. The number of ether oxygens (including phenoxy) is 1. The zero-order valence-corrected chi connectivity index (χ0v) is 22.7. The second-order valence-corrected chi connectivity index (χ2v) is 9.99. The average Bonchev–Trinajstić information content (AvgIpc) is 3.70. The van der Waals surface area contributed by atoms with Crippen molar-refractivity contribution in [2.24, 2.45) is 7.05 Å². The lowest BCUT2D eigenvalue weighted by Crippen LogP contribution is -2.33. The van der Waals surface area contributed by atoms with Crippen LogP contribution in [0.25, 0.3) is 22.1 Å². The van der Waals surface area contributed by atoms with Gasteiger partial charge in [0.1, 0.15) is 17.9 Å². The summed E-state index contributed by atoms with van der Waals surface area (Å²) in [6, 6.07) is 14.0. The van der Waals surface area contributed by atoms with E-state index in [1.165, 1.54) is 4.52 Å². The van der Waals surface area contributed by atoms with E-state index in [9.17, 15) is 9.59 Å². The first-order chi connectivity index (χ1) is 20.4. The van der Waals surface area contributed by atoms with Gasteiger partial charge in [0.2, 0.25) is 0 Å². The van der Waals surface area contributed by atoms with Crippen molar-refractivity contribution in [2.75, 3.05) is 5.73 Å². The molecule has 0 radical (unpaired) electrons. The highest BCUT2D eigenvalue weighted by molar-refractivity contribution is 6.04. The van der Waals surface area contributed by atoms with Crippen molar-refractivity contribution in [2.45, 2.75) is 19.6 Å². The Labute approximate surface area is 239 Å². The lowest BCUT2D eigenvalue weighted by Gasteiger charge is -2.23. The molecule has 11 nitrogen and oxygen atoms in total. The molecule has 0 bridgehead atoms. The molecular formula is C31H24N8O3. The lowest BCUT2D eigenvalue weighted by molar-refractivity contribution is 0.0940. The number of para-hydroxylation sites is 1. The second kappa shape index (κ2) is 9.64. The number of hydrogen-bond donors (Lipinski definition) is 2. The van der Waals surface area contributed by atoms with E-state index >= 15 is 0 Å². The summed E-state index contributed by atoms with van der Waals surface area (Å²) in [6.45, 7) is 2.06. The van der Waals surface area contributed by atoms with Crippen molar-refractivity contribution in [3.8, 4) is 23.3 Å². The van der Waals surface area contributed by atoms with Gasteiger partial charge in [0.05, 0.1) is 28.9 Å². The van der Waals surface area contributed by atoms with Crippen LogP contribution in [-0.2, 0) is 13.7 Å². The van der Waals surface area contributed by atoms with Gasteiger partial charge in [-0.2, -0.15) is 5.10 Å².